The number of imidazole rings is 1. The molecule has 114 valence electrons. The first-order chi connectivity index (χ1) is 10.2. The average molecular weight is 288 g/mol. The third-order valence-corrected chi connectivity index (χ3v) is 4.16. The van der Waals surface area contributed by atoms with E-state index in [1.54, 1.807) is 0 Å². The van der Waals surface area contributed by atoms with Gasteiger partial charge in [-0.1, -0.05) is 0 Å². The Kier molecular flexibility index (Phi) is 4.41. The van der Waals surface area contributed by atoms with Gasteiger partial charge < -0.3 is 20.4 Å². The van der Waals surface area contributed by atoms with Gasteiger partial charge in [0.2, 0.25) is 0 Å². The molecule has 1 aliphatic heterocycles. The zero-order valence-corrected chi connectivity index (χ0v) is 12.6. The summed E-state index contributed by atoms with van der Waals surface area (Å²) in [6.45, 7) is 6.19. The van der Waals surface area contributed by atoms with Crippen LogP contribution < -0.4 is 5.73 Å². The first kappa shape index (κ1) is 14.4. The number of likely N-dealkylation sites (tertiary alicyclic amines) is 1. The summed E-state index contributed by atoms with van der Waals surface area (Å²) >= 11 is 0. The first-order valence-electron chi connectivity index (χ1n) is 7.82. The van der Waals surface area contributed by atoms with Gasteiger partial charge in [-0.25, -0.2) is 4.98 Å². The predicted molar refractivity (Wildman–Crippen MR) is 85.3 cm³/mol. The summed E-state index contributed by atoms with van der Waals surface area (Å²) in [4.78, 5) is 10.5. The van der Waals surface area contributed by atoms with Crippen LogP contribution in [0.15, 0.2) is 18.2 Å². The Labute approximate surface area is 125 Å². The minimum Gasteiger partial charge on any atom is -0.399 e. The molecule has 5 nitrogen and oxygen atoms in total. The molecule has 2 heterocycles. The summed E-state index contributed by atoms with van der Waals surface area (Å²) in [6.07, 6.45) is 3.70. The van der Waals surface area contributed by atoms with Crippen molar-refractivity contribution in [3.63, 3.8) is 0 Å². The number of hydrogen-bond donors (Lipinski definition) is 2. The molecule has 0 bridgehead atoms. The highest BCUT2D eigenvalue weighted by Crippen LogP contribution is 2.17. The number of ether oxygens (including phenoxy) is 1. The SMILES string of the molecule is CCOC1CCN(CCc2nc3ccc(N)cc3[nH]2)CC1. The molecule has 3 N–H and O–H groups in total. The number of aromatic nitrogens is 2. The lowest BCUT2D eigenvalue weighted by atomic mass is 10.1. The number of nitrogens with two attached hydrogens (primary N) is 1. The number of H-pyrrole nitrogens is 1. The molecule has 0 unspecified atom stereocenters. The molecule has 1 aliphatic rings. The average Bonchev–Trinajstić information content (AvgIpc) is 2.89. The third kappa shape index (κ3) is 3.54. The Morgan fingerprint density at radius 2 is 2.19 bits per heavy atom. The van der Waals surface area contributed by atoms with Crippen molar-refractivity contribution in [3.05, 3.63) is 24.0 Å². The van der Waals surface area contributed by atoms with E-state index in [9.17, 15) is 0 Å². The van der Waals surface area contributed by atoms with E-state index in [1.807, 2.05) is 18.2 Å². The van der Waals surface area contributed by atoms with Gasteiger partial charge in [0.05, 0.1) is 17.1 Å². The van der Waals surface area contributed by atoms with Gasteiger partial charge in [-0.05, 0) is 38.0 Å². The van der Waals surface area contributed by atoms with Crippen molar-refractivity contribution in [3.8, 4) is 0 Å². The van der Waals surface area contributed by atoms with Crippen LogP contribution in [0, 0.1) is 0 Å². The zero-order chi connectivity index (χ0) is 14.7. The van der Waals surface area contributed by atoms with Crippen LogP contribution in [0.5, 0.6) is 0 Å². The molecule has 0 spiro atoms. The topological polar surface area (TPSA) is 67.2 Å². The highest BCUT2D eigenvalue weighted by Gasteiger charge is 2.19. The second-order valence-electron chi connectivity index (χ2n) is 5.71. The predicted octanol–water partition coefficient (Wildman–Crippen LogP) is 2.19. The number of anilines is 1. The van der Waals surface area contributed by atoms with Gasteiger partial charge in [0.15, 0.2) is 0 Å². The molecule has 0 radical (unpaired) electrons. The number of nitrogens with one attached hydrogen (secondary N) is 1. The number of piperidine rings is 1. The zero-order valence-electron chi connectivity index (χ0n) is 12.6. The quantitative estimate of drug-likeness (QED) is 0.828. The summed E-state index contributed by atoms with van der Waals surface area (Å²) in [6, 6.07) is 5.81. The van der Waals surface area contributed by atoms with Crippen molar-refractivity contribution < 1.29 is 4.74 Å². The number of nitrogen functional groups attached to an aromatic ring is 1. The standard InChI is InChI=1S/C16H24N4O/c1-2-21-13-5-8-20(9-6-13)10-7-16-18-14-4-3-12(17)11-15(14)19-16/h3-4,11,13H,2,5-10,17H2,1H3,(H,18,19). The van der Waals surface area contributed by atoms with Crippen LogP contribution in [0.4, 0.5) is 5.69 Å². The van der Waals surface area contributed by atoms with Crippen molar-refractivity contribution in [2.75, 3.05) is 32.0 Å². The lowest BCUT2D eigenvalue weighted by molar-refractivity contribution is 0.0145. The maximum absolute atomic E-state index is 5.79. The number of nitrogens with zero attached hydrogens (tertiary/aromatic N) is 2. The monoisotopic (exact) mass is 288 g/mol. The Morgan fingerprint density at radius 1 is 1.38 bits per heavy atom. The molecule has 21 heavy (non-hydrogen) atoms. The molecule has 1 aromatic carbocycles. The van der Waals surface area contributed by atoms with Gasteiger partial charge in [0.1, 0.15) is 5.82 Å². The second kappa shape index (κ2) is 6.45. The fourth-order valence-electron chi connectivity index (χ4n) is 3.00. The number of hydrogen-bond acceptors (Lipinski definition) is 4. The van der Waals surface area contributed by atoms with E-state index in [4.69, 9.17) is 10.5 Å². The number of fused-ring (bicyclic) bond motifs is 1. The van der Waals surface area contributed by atoms with E-state index in [2.05, 4.69) is 21.8 Å². The van der Waals surface area contributed by atoms with E-state index in [0.717, 1.165) is 68.0 Å². The van der Waals surface area contributed by atoms with Gasteiger partial charge >= 0.3 is 0 Å². The molecule has 1 aromatic heterocycles. The normalized spacial score (nSPS) is 17.6. The molecule has 1 saturated heterocycles. The summed E-state index contributed by atoms with van der Waals surface area (Å²) in [5, 5.41) is 0. The van der Waals surface area contributed by atoms with Gasteiger partial charge in [-0.15, -0.1) is 0 Å². The number of benzene rings is 1. The maximum atomic E-state index is 5.79. The van der Waals surface area contributed by atoms with Gasteiger partial charge in [-0.2, -0.15) is 0 Å². The van der Waals surface area contributed by atoms with E-state index < -0.39 is 0 Å². The van der Waals surface area contributed by atoms with Crippen molar-refractivity contribution in [1.29, 1.82) is 0 Å². The Hall–Kier alpha value is -1.59. The Morgan fingerprint density at radius 3 is 2.95 bits per heavy atom. The highest BCUT2D eigenvalue weighted by atomic mass is 16.5. The van der Waals surface area contributed by atoms with E-state index >= 15 is 0 Å². The summed E-state index contributed by atoms with van der Waals surface area (Å²) in [7, 11) is 0. The lowest BCUT2D eigenvalue weighted by Gasteiger charge is -2.31. The van der Waals surface area contributed by atoms with Crippen LogP contribution in [0.2, 0.25) is 0 Å². The largest absolute Gasteiger partial charge is 0.399 e. The third-order valence-electron chi connectivity index (χ3n) is 4.16. The summed E-state index contributed by atoms with van der Waals surface area (Å²) in [5.74, 6) is 1.04. The van der Waals surface area contributed by atoms with E-state index in [-0.39, 0.29) is 0 Å². The van der Waals surface area contributed by atoms with Crippen LogP contribution in [0.1, 0.15) is 25.6 Å². The molecule has 2 aromatic rings. The molecule has 0 saturated carbocycles. The van der Waals surface area contributed by atoms with Gasteiger partial charge in [-0.3, -0.25) is 0 Å². The molecular formula is C16H24N4O. The van der Waals surface area contributed by atoms with Crippen LogP contribution in [-0.2, 0) is 11.2 Å². The number of rotatable bonds is 5. The molecule has 0 aliphatic carbocycles. The Bertz CT molecular complexity index is 587. The van der Waals surface area contributed by atoms with Crippen LogP contribution >= 0.6 is 0 Å². The van der Waals surface area contributed by atoms with Crippen LogP contribution in [-0.4, -0.2) is 47.2 Å². The lowest BCUT2D eigenvalue weighted by Crippen LogP contribution is -2.38. The van der Waals surface area contributed by atoms with Crippen molar-refractivity contribution >= 4 is 16.7 Å². The molecule has 3 rings (SSSR count). The second-order valence-corrected chi connectivity index (χ2v) is 5.71. The first-order valence-corrected chi connectivity index (χ1v) is 7.82. The maximum Gasteiger partial charge on any atom is 0.108 e. The van der Waals surface area contributed by atoms with Crippen molar-refractivity contribution in [2.45, 2.75) is 32.3 Å². The summed E-state index contributed by atoms with van der Waals surface area (Å²) < 4.78 is 5.69. The molecule has 0 atom stereocenters. The van der Waals surface area contributed by atoms with E-state index in [1.165, 1.54) is 0 Å². The molecule has 5 heteroatoms. The summed E-state index contributed by atoms with van der Waals surface area (Å²) in [5.41, 5.74) is 8.59. The molecular weight excluding hydrogens is 264 g/mol. The van der Waals surface area contributed by atoms with Crippen molar-refractivity contribution in [1.82, 2.24) is 14.9 Å². The smallest absolute Gasteiger partial charge is 0.108 e. The highest BCUT2D eigenvalue weighted by molar-refractivity contribution is 5.78. The van der Waals surface area contributed by atoms with Crippen molar-refractivity contribution in [2.24, 2.45) is 0 Å². The number of aromatic amines is 1. The van der Waals surface area contributed by atoms with Crippen LogP contribution in [0.3, 0.4) is 0 Å². The van der Waals surface area contributed by atoms with Crippen LogP contribution in [0.25, 0.3) is 11.0 Å². The fraction of sp³-hybridized carbons (Fsp3) is 0.562. The molecule has 0 amide bonds. The minimum atomic E-state index is 0.459. The van der Waals surface area contributed by atoms with Gasteiger partial charge in [0.25, 0.3) is 0 Å². The van der Waals surface area contributed by atoms with E-state index in [0.29, 0.717) is 6.10 Å². The Balaban J connectivity index is 1.52. The molecule has 1 fully saturated rings. The minimum absolute atomic E-state index is 0.459. The fourth-order valence-corrected chi connectivity index (χ4v) is 3.00. The van der Waals surface area contributed by atoms with Gasteiger partial charge in [0, 0.05) is 38.3 Å².